The van der Waals surface area contributed by atoms with Crippen LogP contribution >= 0.6 is 11.6 Å². The van der Waals surface area contributed by atoms with Crippen LogP contribution in [0.4, 0.5) is 4.79 Å². The lowest BCUT2D eigenvalue weighted by molar-refractivity contribution is -0.143. The zero-order chi connectivity index (χ0) is 36.1. The summed E-state index contributed by atoms with van der Waals surface area (Å²) >= 11 is 6.40. The Labute approximate surface area is 291 Å². The van der Waals surface area contributed by atoms with Crippen LogP contribution in [0.1, 0.15) is 67.2 Å². The van der Waals surface area contributed by atoms with Gasteiger partial charge in [0.15, 0.2) is 0 Å². The molecule has 49 heavy (non-hydrogen) atoms. The SMILES string of the molecule is C=C[C@@H]1C[C@]1(NC(=O)[C@@H]1CC(Oc2nccc3c(Cl)cccc23)CN1C(=O)[C@@H](NC(=O)OC(C)(C)C)C(C)(C)C)C(=O)NS(=O)(=O)C1CC1. The molecule has 3 aliphatic rings. The van der Waals surface area contributed by atoms with Crippen molar-refractivity contribution in [3.8, 4) is 5.88 Å². The lowest BCUT2D eigenvalue weighted by Crippen LogP contribution is -2.60. The second-order valence-corrected chi connectivity index (χ2v) is 17.4. The number of benzene rings is 1. The summed E-state index contributed by atoms with van der Waals surface area (Å²) in [6.45, 7) is 14.1. The van der Waals surface area contributed by atoms with Crippen LogP contribution in [0.15, 0.2) is 43.1 Å². The van der Waals surface area contributed by atoms with Gasteiger partial charge in [-0.05, 0) is 63.6 Å². The van der Waals surface area contributed by atoms with Crippen molar-refractivity contribution in [2.45, 2.75) is 102 Å². The van der Waals surface area contributed by atoms with Gasteiger partial charge in [0, 0.05) is 34.3 Å². The van der Waals surface area contributed by atoms with E-state index in [0.717, 1.165) is 0 Å². The Morgan fingerprint density at radius 1 is 1.10 bits per heavy atom. The normalized spacial score (nSPS) is 24.5. The van der Waals surface area contributed by atoms with Gasteiger partial charge in [-0.25, -0.2) is 18.2 Å². The van der Waals surface area contributed by atoms with E-state index in [1.807, 2.05) is 0 Å². The molecule has 3 N–H and O–H groups in total. The lowest BCUT2D eigenvalue weighted by Gasteiger charge is -2.36. The molecule has 266 valence electrons. The monoisotopic (exact) mass is 717 g/mol. The fourth-order valence-electron chi connectivity index (χ4n) is 6.03. The number of rotatable bonds is 10. The second-order valence-electron chi connectivity index (χ2n) is 15.1. The average molecular weight is 718 g/mol. The number of hydrogen-bond donors (Lipinski definition) is 3. The Kier molecular flexibility index (Phi) is 9.71. The first-order chi connectivity index (χ1) is 22.8. The molecule has 3 fully saturated rings. The van der Waals surface area contributed by atoms with Gasteiger partial charge in [0.2, 0.25) is 27.7 Å². The Balaban J connectivity index is 1.44. The largest absolute Gasteiger partial charge is 0.472 e. The molecule has 13 nitrogen and oxygen atoms in total. The van der Waals surface area contributed by atoms with Crippen molar-refractivity contribution in [1.29, 1.82) is 0 Å². The van der Waals surface area contributed by atoms with Crippen molar-refractivity contribution in [3.63, 3.8) is 0 Å². The number of fused-ring (bicyclic) bond motifs is 1. The number of hydrogen-bond acceptors (Lipinski definition) is 9. The summed E-state index contributed by atoms with van der Waals surface area (Å²) in [6.07, 6.45) is 2.57. The Morgan fingerprint density at radius 3 is 2.39 bits per heavy atom. The third-order valence-electron chi connectivity index (χ3n) is 8.87. The number of amides is 4. The van der Waals surface area contributed by atoms with Gasteiger partial charge in [0.1, 0.15) is 29.3 Å². The first kappa shape index (κ1) is 36.4. The molecule has 1 aromatic heterocycles. The minimum atomic E-state index is -3.89. The Bertz CT molecular complexity index is 1780. The van der Waals surface area contributed by atoms with Crippen molar-refractivity contribution in [1.82, 2.24) is 25.2 Å². The topological polar surface area (TPSA) is 173 Å². The zero-order valence-corrected chi connectivity index (χ0v) is 30.1. The van der Waals surface area contributed by atoms with Crippen LogP contribution in [-0.4, -0.2) is 83.2 Å². The van der Waals surface area contributed by atoms with Crippen molar-refractivity contribution < 1.29 is 37.1 Å². The minimum absolute atomic E-state index is 0.0103. The molecule has 2 aliphatic carbocycles. The van der Waals surface area contributed by atoms with E-state index in [0.29, 0.717) is 28.6 Å². The molecule has 4 amide bonds. The molecule has 15 heteroatoms. The number of ether oxygens (including phenoxy) is 2. The first-order valence-electron chi connectivity index (χ1n) is 16.3. The van der Waals surface area contributed by atoms with Gasteiger partial charge in [0.05, 0.1) is 11.8 Å². The van der Waals surface area contributed by atoms with Gasteiger partial charge >= 0.3 is 6.09 Å². The maximum Gasteiger partial charge on any atom is 0.408 e. The van der Waals surface area contributed by atoms with E-state index in [4.69, 9.17) is 21.1 Å². The zero-order valence-electron chi connectivity index (χ0n) is 28.5. The highest BCUT2D eigenvalue weighted by atomic mass is 35.5. The van der Waals surface area contributed by atoms with E-state index in [1.54, 1.807) is 72.0 Å². The van der Waals surface area contributed by atoms with Crippen molar-refractivity contribution in [2.75, 3.05) is 6.54 Å². The van der Waals surface area contributed by atoms with Crippen LogP contribution in [0.25, 0.3) is 10.8 Å². The van der Waals surface area contributed by atoms with Crippen LogP contribution < -0.4 is 20.1 Å². The molecule has 1 aromatic carbocycles. The summed E-state index contributed by atoms with van der Waals surface area (Å²) in [5.41, 5.74) is -3.20. The highest BCUT2D eigenvalue weighted by molar-refractivity contribution is 7.91. The minimum Gasteiger partial charge on any atom is -0.472 e. The van der Waals surface area contributed by atoms with Crippen LogP contribution in [0, 0.1) is 11.3 Å². The molecule has 2 saturated carbocycles. The first-order valence-corrected chi connectivity index (χ1v) is 18.2. The number of alkyl carbamates (subject to hydrolysis) is 1. The molecule has 5 rings (SSSR count). The fraction of sp³-hybridized carbons (Fsp3) is 0.559. The van der Waals surface area contributed by atoms with Gasteiger partial charge in [-0.3, -0.25) is 19.1 Å². The van der Waals surface area contributed by atoms with Crippen LogP contribution in [0.2, 0.25) is 5.02 Å². The van der Waals surface area contributed by atoms with E-state index in [2.05, 4.69) is 26.9 Å². The molecule has 5 atom stereocenters. The van der Waals surface area contributed by atoms with Gasteiger partial charge in [0.25, 0.3) is 5.91 Å². The van der Waals surface area contributed by atoms with E-state index in [-0.39, 0.29) is 25.3 Å². The van der Waals surface area contributed by atoms with Gasteiger partial charge < -0.3 is 25.0 Å². The van der Waals surface area contributed by atoms with E-state index < -0.39 is 79.7 Å². The molecule has 1 unspecified atom stereocenters. The Morgan fingerprint density at radius 2 is 1.80 bits per heavy atom. The molecule has 0 bridgehead atoms. The quantitative estimate of drug-likeness (QED) is 0.309. The standard InChI is InChI=1S/C34H44ClN5O8S/c1-8-19-17-34(19,30(43)39-49(45,46)21-12-13-21)38-27(41)25-16-20(47-28-23-10-9-11-24(35)22(23)14-15-36-28)18-40(25)29(42)26(32(2,3)4)37-31(44)48-33(5,6)7/h8-11,14-15,19-21,25-26H,1,12-13,16-18H2,2-7H3,(H,37,44)(H,38,41)(H,39,43)/t19-,20?,25+,26-,34-/m1/s1. The third-order valence-corrected chi connectivity index (χ3v) is 11.0. The maximum atomic E-state index is 14.4. The number of aromatic nitrogens is 1. The molecular weight excluding hydrogens is 674 g/mol. The number of likely N-dealkylation sites (tertiary alicyclic amines) is 1. The number of sulfonamides is 1. The van der Waals surface area contributed by atoms with E-state index in [9.17, 15) is 27.6 Å². The molecule has 2 aromatic rings. The summed E-state index contributed by atoms with van der Waals surface area (Å²) in [7, 11) is -3.89. The van der Waals surface area contributed by atoms with Gasteiger partial charge in [-0.2, -0.15) is 0 Å². The number of pyridine rings is 1. The van der Waals surface area contributed by atoms with E-state index in [1.165, 1.54) is 11.0 Å². The third kappa shape index (κ3) is 7.95. The van der Waals surface area contributed by atoms with Crippen LogP contribution in [-0.2, 0) is 29.1 Å². The maximum absolute atomic E-state index is 14.4. The Hall–Kier alpha value is -3.91. The second kappa shape index (κ2) is 13.1. The van der Waals surface area contributed by atoms with Crippen molar-refractivity contribution >= 4 is 56.2 Å². The highest BCUT2D eigenvalue weighted by Crippen LogP contribution is 2.45. The summed E-state index contributed by atoms with van der Waals surface area (Å²) in [4.78, 5) is 60.5. The van der Waals surface area contributed by atoms with E-state index >= 15 is 0 Å². The smallest absolute Gasteiger partial charge is 0.408 e. The molecule has 1 aliphatic heterocycles. The summed E-state index contributed by atoms with van der Waals surface area (Å²) in [5.74, 6) is -2.36. The highest BCUT2D eigenvalue weighted by Gasteiger charge is 2.62. The fourth-order valence-corrected chi connectivity index (χ4v) is 7.63. The molecule has 1 saturated heterocycles. The summed E-state index contributed by atoms with van der Waals surface area (Å²) in [6, 6.07) is 4.78. The summed E-state index contributed by atoms with van der Waals surface area (Å²) < 4.78 is 39.2. The number of halogens is 1. The number of carbonyl (C=O) groups is 4. The number of nitrogens with one attached hydrogen (secondary N) is 3. The number of nitrogens with zero attached hydrogens (tertiary/aromatic N) is 2. The van der Waals surface area contributed by atoms with Gasteiger partial charge in [-0.15, -0.1) is 6.58 Å². The van der Waals surface area contributed by atoms with Crippen molar-refractivity contribution in [2.24, 2.45) is 11.3 Å². The molecule has 0 spiro atoms. The average Bonchev–Trinajstić information content (AvgIpc) is 3.91. The molecular formula is C34H44ClN5O8S. The lowest BCUT2D eigenvalue weighted by atomic mass is 9.85. The predicted octanol–water partition coefficient (Wildman–Crippen LogP) is 3.85. The molecule has 2 heterocycles. The predicted molar refractivity (Wildman–Crippen MR) is 183 cm³/mol. The van der Waals surface area contributed by atoms with Gasteiger partial charge in [-0.1, -0.05) is 44.5 Å². The summed E-state index contributed by atoms with van der Waals surface area (Å²) in [5, 5.41) is 6.66. The van der Waals surface area contributed by atoms with Crippen molar-refractivity contribution in [3.05, 3.63) is 48.1 Å². The number of carbonyl (C=O) groups excluding carboxylic acids is 4. The van der Waals surface area contributed by atoms with Crippen LogP contribution in [0.3, 0.4) is 0 Å². The van der Waals surface area contributed by atoms with Crippen LogP contribution in [0.5, 0.6) is 5.88 Å². The molecule has 0 radical (unpaired) electrons.